The highest BCUT2D eigenvalue weighted by molar-refractivity contribution is 6.02. The summed E-state index contributed by atoms with van der Waals surface area (Å²) in [4.78, 5) is 27.3. The normalized spacial score (nSPS) is 22.7. The van der Waals surface area contributed by atoms with Gasteiger partial charge in [0.15, 0.2) is 0 Å². The van der Waals surface area contributed by atoms with E-state index in [1.807, 2.05) is 30.3 Å². The summed E-state index contributed by atoms with van der Waals surface area (Å²) in [7, 11) is 0. The minimum atomic E-state index is -0.0908. The number of hydrogen-bond acceptors (Lipinski definition) is 4. The molecule has 30 heavy (non-hydrogen) atoms. The van der Waals surface area contributed by atoms with E-state index >= 15 is 0 Å². The number of hydrogen-bond donors (Lipinski definition) is 1. The first kappa shape index (κ1) is 22.5. The largest absolute Gasteiger partial charge is 0.354 e. The molecule has 6 nitrogen and oxygen atoms in total. The van der Waals surface area contributed by atoms with Crippen molar-refractivity contribution in [1.82, 2.24) is 15.2 Å². The first-order valence-corrected chi connectivity index (χ1v) is 11.2. The molecule has 164 valence electrons. The maximum absolute atomic E-state index is 12.5. The monoisotopic (exact) mass is 412 g/mol. The van der Waals surface area contributed by atoms with Crippen LogP contribution in [0.1, 0.15) is 58.9 Å². The SMILES string of the molecule is CC1CC(C)CN(C(C)(C)CNC(=O)CCC(=O)N2CCC(c3ccccc3)=N2)C1. The van der Waals surface area contributed by atoms with E-state index in [0.717, 1.165) is 30.8 Å². The number of hydrazone groups is 1. The zero-order valence-electron chi connectivity index (χ0n) is 18.9. The van der Waals surface area contributed by atoms with Gasteiger partial charge in [-0.05, 0) is 37.7 Å². The van der Waals surface area contributed by atoms with Gasteiger partial charge in [-0.2, -0.15) is 5.10 Å². The molecule has 0 saturated carbocycles. The van der Waals surface area contributed by atoms with Crippen LogP contribution in [0.3, 0.4) is 0 Å². The fourth-order valence-corrected chi connectivity index (χ4v) is 4.49. The van der Waals surface area contributed by atoms with Crippen molar-refractivity contribution >= 4 is 17.5 Å². The van der Waals surface area contributed by atoms with Crippen LogP contribution in [-0.4, -0.2) is 59.2 Å². The summed E-state index contributed by atoms with van der Waals surface area (Å²) in [5.74, 6) is 1.21. The third-order valence-corrected chi connectivity index (χ3v) is 6.21. The van der Waals surface area contributed by atoms with Gasteiger partial charge in [-0.25, -0.2) is 5.01 Å². The van der Waals surface area contributed by atoms with Gasteiger partial charge >= 0.3 is 0 Å². The second kappa shape index (κ2) is 9.73. The lowest BCUT2D eigenvalue weighted by atomic mass is 9.88. The molecule has 2 heterocycles. The third kappa shape index (κ3) is 5.91. The average molecular weight is 413 g/mol. The molecule has 3 rings (SSSR count). The maximum Gasteiger partial charge on any atom is 0.243 e. The van der Waals surface area contributed by atoms with Crippen LogP contribution < -0.4 is 5.32 Å². The fourth-order valence-electron chi connectivity index (χ4n) is 4.49. The molecule has 1 N–H and O–H groups in total. The van der Waals surface area contributed by atoms with Crippen molar-refractivity contribution in [1.29, 1.82) is 0 Å². The van der Waals surface area contributed by atoms with Crippen molar-refractivity contribution in [3.63, 3.8) is 0 Å². The molecular formula is C24H36N4O2. The first-order chi connectivity index (χ1) is 14.2. The van der Waals surface area contributed by atoms with E-state index in [1.54, 1.807) is 0 Å². The van der Waals surface area contributed by atoms with Crippen LogP contribution in [0.4, 0.5) is 0 Å². The van der Waals surface area contributed by atoms with E-state index in [9.17, 15) is 9.59 Å². The van der Waals surface area contributed by atoms with Crippen molar-refractivity contribution in [2.24, 2.45) is 16.9 Å². The summed E-state index contributed by atoms with van der Waals surface area (Å²) in [5.41, 5.74) is 1.89. The molecule has 0 radical (unpaired) electrons. The molecule has 2 atom stereocenters. The molecule has 2 aliphatic rings. The Hall–Kier alpha value is -2.21. The number of rotatable bonds is 7. The summed E-state index contributed by atoms with van der Waals surface area (Å²) >= 11 is 0. The third-order valence-electron chi connectivity index (χ3n) is 6.21. The Balaban J connectivity index is 1.43. The summed E-state index contributed by atoms with van der Waals surface area (Å²) < 4.78 is 0. The quantitative estimate of drug-likeness (QED) is 0.747. The van der Waals surface area contributed by atoms with Gasteiger partial charge in [-0.3, -0.25) is 14.5 Å². The highest BCUT2D eigenvalue weighted by atomic mass is 16.2. The smallest absolute Gasteiger partial charge is 0.243 e. The molecule has 1 aromatic carbocycles. The predicted octanol–water partition coefficient (Wildman–Crippen LogP) is 3.28. The number of carbonyl (C=O) groups excluding carboxylic acids is 2. The van der Waals surface area contributed by atoms with Gasteiger partial charge in [0.2, 0.25) is 11.8 Å². The van der Waals surface area contributed by atoms with Crippen LogP contribution in [0.5, 0.6) is 0 Å². The molecule has 2 amide bonds. The standard InChI is InChI=1S/C24H36N4O2/c1-18-14-19(2)16-27(15-18)24(3,4)17-25-22(29)10-11-23(30)28-13-12-21(26-28)20-8-6-5-7-9-20/h5-9,18-19H,10-17H2,1-4H3,(H,25,29). The fraction of sp³-hybridized carbons (Fsp3) is 0.625. The summed E-state index contributed by atoms with van der Waals surface area (Å²) in [6.07, 6.45) is 2.42. The van der Waals surface area contributed by atoms with E-state index in [0.29, 0.717) is 24.9 Å². The lowest BCUT2D eigenvalue weighted by molar-refractivity contribution is -0.133. The number of nitrogens with one attached hydrogen (secondary N) is 1. The van der Waals surface area contributed by atoms with Crippen molar-refractivity contribution < 1.29 is 9.59 Å². The Morgan fingerprint density at radius 1 is 1.10 bits per heavy atom. The highest BCUT2D eigenvalue weighted by Gasteiger charge is 2.33. The van der Waals surface area contributed by atoms with Crippen molar-refractivity contribution in [2.75, 3.05) is 26.2 Å². The second-order valence-corrected chi connectivity index (χ2v) is 9.62. The zero-order valence-corrected chi connectivity index (χ0v) is 18.9. The van der Waals surface area contributed by atoms with Gasteiger partial charge in [0, 0.05) is 44.4 Å². The molecule has 1 aromatic rings. The Bertz CT molecular complexity index is 765. The van der Waals surface area contributed by atoms with Crippen molar-refractivity contribution in [2.45, 2.75) is 58.9 Å². The molecule has 0 bridgehead atoms. The minimum Gasteiger partial charge on any atom is -0.354 e. The summed E-state index contributed by atoms with van der Waals surface area (Å²) in [6.45, 7) is 12.3. The van der Waals surface area contributed by atoms with E-state index in [1.165, 1.54) is 11.4 Å². The number of piperidine rings is 1. The molecule has 0 spiro atoms. The molecule has 2 unspecified atom stereocenters. The summed E-state index contributed by atoms with van der Waals surface area (Å²) in [6, 6.07) is 9.92. The van der Waals surface area contributed by atoms with Crippen LogP contribution in [0.2, 0.25) is 0 Å². The Kier molecular flexibility index (Phi) is 7.29. The van der Waals surface area contributed by atoms with Gasteiger partial charge in [0.1, 0.15) is 0 Å². The van der Waals surface area contributed by atoms with Gasteiger partial charge in [-0.15, -0.1) is 0 Å². The molecule has 1 saturated heterocycles. The molecular weight excluding hydrogens is 376 g/mol. The minimum absolute atomic E-state index is 0.0685. The lowest BCUT2D eigenvalue weighted by Crippen LogP contribution is -2.56. The lowest BCUT2D eigenvalue weighted by Gasteiger charge is -2.45. The Morgan fingerprint density at radius 3 is 2.43 bits per heavy atom. The number of amides is 2. The van der Waals surface area contributed by atoms with Crippen LogP contribution >= 0.6 is 0 Å². The van der Waals surface area contributed by atoms with Crippen LogP contribution in [0, 0.1) is 11.8 Å². The van der Waals surface area contributed by atoms with Gasteiger partial charge in [-0.1, -0.05) is 44.2 Å². The molecule has 0 aromatic heterocycles. The topological polar surface area (TPSA) is 65.0 Å². The number of benzene rings is 1. The van der Waals surface area contributed by atoms with E-state index in [2.05, 4.69) is 43.0 Å². The van der Waals surface area contributed by atoms with Crippen LogP contribution in [-0.2, 0) is 9.59 Å². The number of nitrogens with zero attached hydrogens (tertiary/aromatic N) is 3. The Labute approximate surface area is 180 Å². The van der Waals surface area contributed by atoms with Crippen LogP contribution in [0.15, 0.2) is 35.4 Å². The highest BCUT2D eigenvalue weighted by Crippen LogP contribution is 2.26. The summed E-state index contributed by atoms with van der Waals surface area (Å²) in [5, 5.41) is 9.01. The van der Waals surface area contributed by atoms with E-state index < -0.39 is 0 Å². The number of carbonyl (C=O) groups is 2. The maximum atomic E-state index is 12.5. The van der Waals surface area contributed by atoms with E-state index in [-0.39, 0.29) is 30.2 Å². The van der Waals surface area contributed by atoms with Crippen molar-refractivity contribution in [3.05, 3.63) is 35.9 Å². The Morgan fingerprint density at radius 2 is 1.77 bits per heavy atom. The van der Waals surface area contributed by atoms with Gasteiger partial charge in [0.05, 0.1) is 12.3 Å². The van der Waals surface area contributed by atoms with E-state index in [4.69, 9.17) is 0 Å². The van der Waals surface area contributed by atoms with Gasteiger partial charge < -0.3 is 5.32 Å². The molecule has 0 aliphatic carbocycles. The zero-order chi connectivity index (χ0) is 21.7. The molecule has 1 fully saturated rings. The molecule has 2 aliphatic heterocycles. The first-order valence-electron chi connectivity index (χ1n) is 11.2. The number of likely N-dealkylation sites (tertiary alicyclic amines) is 1. The van der Waals surface area contributed by atoms with Crippen LogP contribution in [0.25, 0.3) is 0 Å². The second-order valence-electron chi connectivity index (χ2n) is 9.62. The van der Waals surface area contributed by atoms with Gasteiger partial charge in [0.25, 0.3) is 0 Å². The van der Waals surface area contributed by atoms with Crippen molar-refractivity contribution in [3.8, 4) is 0 Å². The predicted molar refractivity (Wildman–Crippen MR) is 120 cm³/mol. The molecule has 6 heteroatoms. The average Bonchev–Trinajstić information content (AvgIpc) is 3.21.